The molecule has 0 radical (unpaired) electrons. The summed E-state index contributed by atoms with van der Waals surface area (Å²) in [5.74, 6) is -0.404. The molecule has 2 aromatic rings. The predicted molar refractivity (Wildman–Crippen MR) is 80.0 cm³/mol. The molecule has 0 heterocycles. The highest BCUT2D eigenvalue weighted by atomic mass is 19.4. The smallest absolute Gasteiger partial charge is 0.354 e. The van der Waals surface area contributed by atoms with Gasteiger partial charge in [-0.3, -0.25) is 4.79 Å². The van der Waals surface area contributed by atoms with Crippen LogP contribution in [0, 0.1) is 0 Å². The minimum atomic E-state index is -4.41. The lowest BCUT2D eigenvalue weighted by molar-refractivity contribution is -0.137. The van der Waals surface area contributed by atoms with E-state index in [1.165, 1.54) is 12.1 Å². The van der Waals surface area contributed by atoms with E-state index in [4.69, 9.17) is 0 Å². The molecule has 0 bridgehead atoms. The zero-order valence-corrected chi connectivity index (χ0v) is 11.4. The quantitative estimate of drug-likeness (QED) is 0.812. The van der Waals surface area contributed by atoms with Crippen LogP contribution in [0.25, 0.3) is 0 Å². The van der Waals surface area contributed by atoms with Crippen molar-refractivity contribution in [3.8, 4) is 0 Å². The van der Waals surface area contributed by atoms with Gasteiger partial charge in [-0.1, -0.05) is 24.8 Å². The Bertz CT molecular complexity index is 696. The molecule has 0 aliphatic heterocycles. The molecule has 3 nitrogen and oxygen atoms in total. The van der Waals surface area contributed by atoms with Gasteiger partial charge in [0.05, 0.1) is 16.9 Å². The van der Waals surface area contributed by atoms with Crippen LogP contribution < -0.4 is 10.6 Å². The highest BCUT2D eigenvalue weighted by molar-refractivity contribution is 6.01. The average molecular weight is 306 g/mol. The summed E-state index contributed by atoms with van der Waals surface area (Å²) in [5.41, 5.74) is 0.460. The molecule has 0 atom stereocenters. The van der Waals surface area contributed by atoms with Crippen LogP contribution in [-0.2, 0) is 11.0 Å². The lowest BCUT2D eigenvalue weighted by atomic mass is 10.2. The normalized spacial score (nSPS) is 10.9. The summed E-state index contributed by atoms with van der Waals surface area (Å²) in [6, 6.07) is 11.5. The van der Waals surface area contributed by atoms with Crippen molar-refractivity contribution >= 4 is 23.0 Å². The fraction of sp³-hybridized carbons (Fsp3) is 0.0625. The number of anilines is 3. The fourth-order valence-electron chi connectivity index (χ4n) is 1.81. The lowest BCUT2D eigenvalue weighted by Gasteiger charge is -2.14. The Kier molecular flexibility index (Phi) is 4.50. The zero-order chi connectivity index (χ0) is 16.2. The van der Waals surface area contributed by atoms with Crippen molar-refractivity contribution in [1.82, 2.24) is 0 Å². The number of para-hydroxylation sites is 2. The van der Waals surface area contributed by atoms with E-state index in [0.29, 0.717) is 11.4 Å². The van der Waals surface area contributed by atoms with E-state index in [1.54, 1.807) is 24.3 Å². The van der Waals surface area contributed by atoms with Crippen LogP contribution in [0.5, 0.6) is 0 Å². The van der Waals surface area contributed by atoms with Crippen LogP contribution in [0.1, 0.15) is 5.56 Å². The number of carbonyl (C=O) groups excluding carboxylic acids is 1. The Hall–Kier alpha value is -2.76. The second kappa shape index (κ2) is 6.34. The molecule has 1 amide bonds. The van der Waals surface area contributed by atoms with Crippen LogP contribution in [0.3, 0.4) is 0 Å². The third kappa shape index (κ3) is 3.88. The number of halogens is 3. The monoisotopic (exact) mass is 306 g/mol. The second-order valence-electron chi connectivity index (χ2n) is 4.44. The van der Waals surface area contributed by atoms with E-state index < -0.39 is 17.6 Å². The van der Waals surface area contributed by atoms with E-state index in [0.717, 1.165) is 18.2 Å². The average Bonchev–Trinajstić information content (AvgIpc) is 2.48. The first-order valence-corrected chi connectivity index (χ1v) is 6.37. The molecule has 0 fully saturated rings. The Morgan fingerprint density at radius 2 is 1.73 bits per heavy atom. The Labute approximate surface area is 125 Å². The van der Waals surface area contributed by atoms with Gasteiger partial charge < -0.3 is 10.6 Å². The summed E-state index contributed by atoms with van der Waals surface area (Å²) in [5, 5.41) is 5.45. The maximum atomic E-state index is 12.7. The predicted octanol–water partition coefficient (Wildman–Crippen LogP) is 4.57. The molecular formula is C16H13F3N2O. The number of benzene rings is 2. The number of alkyl halides is 3. The number of amides is 1. The minimum Gasteiger partial charge on any atom is -0.354 e. The SMILES string of the molecule is C=CC(=O)Nc1ccccc1Nc1cccc(C(F)(F)F)c1. The molecule has 0 saturated carbocycles. The van der Waals surface area contributed by atoms with E-state index in [1.807, 2.05) is 0 Å². The van der Waals surface area contributed by atoms with Crippen LogP contribution in [0.2, 0.25) is 0 Å². The Morgan fingerprint density at radius 1 is 1.05 bits per heavy atom. The highest BCUT2D eigenvalue weighted by Crippen LogP contribution is 2.32. The van der Waals surface area contributed by atoms with Gasteiger partial charge in [0.25, 0.3) is 0 Å². The molecule has 22 heavy (non-hydrogen) atoms. The third-order valence-corrected chi connectivity index (χ3v) is 2.84. The van der Waals surface area contributed by atoms with Crippen molar-refractivity contribution in [2.24, 2.45) is 0 Å². The van der Waals surface area contributed by atoms with Gasteiger partial charge >= 0.3 is 6.18 Å². The molecule has 2 aromatic carbocycles. The van der Waals surface area contributed by atoms with Crippen molar-refractivity contribution in [2.45, 2.75) is 6.18 Å². The van der Waals surface area contributed by atoms with Crippen molar-refractivity contribution in [1.29, 1.82) is 0 Å². The van der Waals surface area contributed by atoms with Crippen LogP contribution in [0.15, 0.2) is 61.2 Å². The summed E-state index contributed by atoms with van der Waals surface area (Å²) < 4.78 is 38.1. The standard InChI is InChI=1S/C16H13F3N2O/c1-2-15(22)21-14-9-4-3-8-13(14)20-12-7-5-6-11(10-12)16(17,18)19/h2-10,20H,1H2,(H,21,22). The van der Waals surface area contributed by atoms with Gasteiger partial charge in [-0.2, -0.15) is 13.2 Å². The molecule has 6 heteroatoms. The fourth-order valence-corrected chi connectivity index (χ4v) is 1.81. The zero-order valence-electron chi connectivity index (χ0n) is 11.4. The molecule has 2 N–H and O–H groups in total. The van der Waals surface area contributed by atoms with E-state index >= 15 is 0 Å². The largest absolute Gasteiger partial charge is 0.416 e. The molecule has 114 valence electrons. The van der Waals surface area contributed by atoms with Crippen molar-refractivity contribution in [2.75, 3.05) is 10.6 Å². The van der Waals surface area contributed by atoms with Crippen LogP contribution in [-0.4, -0.2) is 5.91 Å². The first kappa shape index (κ1) is 15.6. The van der Waals surface area contributed by atoms with E-state index in [-0.39, 0.29) is 5.69 Å². The summed E-state index contributed by atoms with van der Waals surface area (Å²) in [6.07, 6.45) is -3.30. The molecule has 0 aliphatic rings. The van der Waals surface area contributed by atoms with Gasteiger partial charge in [-0.05, 0) is 36.4 Å². The van der Waals surface area contributed by atoms with Crippen molar-refractivity contribution in [3.63, 3.8) is 0 Å². The summed E-state index contributed by atoms with van der Waals surface area (Å²) in [4.78, 5) is 11.4. The molecule has 0 saturated heterocycles. The highest BCUT2D eigenvalue weighted by Gasteiger charge is 2.30. The van der Waals surface area contributed by atoms with Crippen molar-refractivity contribution in [3.05, 3.63) is 66.7 Å². The molecule has 0 unspecified atom stereocenters. The van der Waals surface area contributed by atoms with Gasteiger partial charge in [-0.25, -0.2) is 0 Å². The van der Waals surface area contributed by atoms with Crippen molar-refractivity contribution < 1.29 is 18.0 Å². The van der Waals surface area contributed by atoms with Gasteiger partial charge in [0, 0.05) is 5.69 Å². The number of carbonyl (C=O) groups is 1. The first-order chi connectivity index (χ1) is 10.4. The maximum Gasteiger partial charge on any atom is 0.416 e. The third-order valence-electron chi connectivity index (χ3n) is 2.84. The molecule has 2 rings (SSSR count). The van der Waals surface area contributed by atoms with Gasteiger partial charge in [0.1, 0.15) is 0 Å². The Balaban J connectivity index is 2.28. The van der Waals surface area contributed by atoms with Crippen LogP contribution in [0.4, 0.5) is 30.2 Å². The molecular weight excluding hydrogens is 293 g/mol. The number of rotatable bonds is 4. The summed E-state index contributed by atoms with van der Waals surface area (Å²) >= 11 is 0. The number of hydrogen-bond acceptors (Lipinski definition) is 2. The van der Waals surface area contributed by atoms with E-state index in [2.05, 4.69) is 17.2 Å². The number of nitrogens with one attached hydrogen (secondary N) is 2. The number of hydrogen-bond donors (Lipinski definition) is 2. The van der Waals surface area contributed by atoms with Gasteiger partial charge in [0.15, 0.2) is 0 Å². The van der Waals surface area contributed by atoms with Gasteiger partial charge in [-0.15, -0.1) is 0 Å². The van der Waals surface area contributed by atoms with Gasteiger partial charge in [0.2, 0.25) is 5.91 Å². The van der Waals surface area contributed by atoms with Crippen LogP contribution >= 0.6 is 0 Å². The minimum absolute atomic E-state index is 0.273. The molecule has 0 aliphatic carbocycles. The summed E-state index contributed by atoms with van der Waals surface area (Å²) in [6.45, 7) is 3.35. The topological polar surface area (TPSA) is 41.1 Å². The van der Waals surface area contributed by atoms with E-state index in [9.17, 15) is 18.0 Å². The molecule has 0 aromatic heterocycles. The first-order valence-electron chi connectivity index (χ1n) is 6.37. The Morgan fingerprint density at radius 3 is 2.36 bits per heavy atom. The maximum absolute atomic E-state index is 12.7. The lowest BCUT2D eigenvalue weighted by Crippen LogP contribution is -2.09. The molecule has 0 spiro atoms. The summed E-state index contributed by atoms with van der Waals surface area (Å²) in [7, 11) is 0. The second-order valence-corrected chi connectivity index (χ2v) is 4.44.